The Hall–Kier alpha value is -3.32. The van der Waals surface area contributed by atoms with Gasteiger partial charge >= 0.3 is 6.03 Å². The van der Waals surface area contributed by atoms with Gasteiger partial charge in [-0.15, -0.1) is 0 Å². The first-order valence-electron chi connectivity index (χ1n) is 9.71. The molecular formula is C22H21ClN4O3. The molecule has 2 heterocycles. The van der Waals surface area contributed by atoms with E-state index in [1.54, 1.807) is 0 Å². The zero-order valence-electron chi connectivity index (χ0n) is 16.1. The van der Waals surface area contributed by atoms with Crippen molar-refractivity contribution in [3.05, 3.63) is 70.9 Å². The lowest BCUT2D eigenvalue weighted by Gasteiger charge is -2.19. The van der Waals surface area contributed by atoms with E-state index in [-0.39, 0.29) is 24.7 Å². The second kappa shape index (κ2) is 8.59. The molecule has 154 valence electrons. The van der Waals surface area contributed by atoms with Gasteiger partial charge in [-0.3, -0.25) is 14.9 Å². The van der Waals surface area contributed by atoms with Gasteiger partial charge < -0.3 is 15.6 Å². The fourth-order valence-electron chi connectivity index (χ4n) is 3.77. The number of H-pyrrole nitrogens is 1. The second-order valence-electron chi connectivity index (χ2n) is 7.22. The monoisotopic (exact) mass is 424 g/mol. The molecule has 0 spiro atoms. The highest BCUT2D eigenvalue weighted by atomic mass is 35.5. The number of benzene rings is 2. The quantitative estimate of drug-likeness (QED) is 0.438. The van der Waals surface area contributed by atoms with Gasteiger partial charge in [-0.2, -0.15) is 0 Å². The SMILES string of the molecule is O=C(CC[C@H]1NC(=O)NC1=O)NC[C@@H](c1ccccc1Cl)c1c[nH]c2ccccc12. The number of hydrogen-bond donors (Lipinski definition) is 4. The van der Waals surface area contributed by atoms with Crippen LogP contribution in [-0.2, 0) is 9.59 Å². The molecule has 4 N–H and O–H groups in total. The molecule has 1 aliphatic heterocycles. The molecule has 0 bridgehead atoms. The highest BCUT2D eigenvalue weighted by Gasteiger charge is 2.29. The second-order valence-corrected chi connectivity index (χ2v) is 7.63. The van der Waals surface area contributed by atoms with Crippen molar-refractivity contribution in [3.63, 3.8) is 0 Å². The molecule has 4 rings (SSSR count). The third-order valence-electron chi connectivity index (χ3n) is 5.30. The Morgan fingerprint density at radius 3 is 2.60 bits per heavy atom. The number of urea groups is 1. The van der Waals surface area contributed by atoms with Crippen molar-refractivity contribution in [2.75, 3.05) is 6.54 Å². The van der Waals surface area contributed by atoms with Crippen LogP contribution in [0.3, 0.4) is 0 Å². The predicted octanol–water partition coefficient (Wildman–Crippen LogP) is 3.06. The number of rotatable bonds is 7. The van der Waals surface area contributed by atoms with Gasteiger partial charge in [0.2, 0.25) is 5.91 Å². The maximum atomic E-state index is 12.4. The minimum atomic E-state index is -0.670. The van der Waals surface area contributed by atoms with E-state index in [1.807, 2.05) is 54.7 Å². The van der Waals surface area contributed by atoms with Crippen molar-refractivity contribution < 1.29 is 14.4 Å². The van der Waals surface area contributed by atoms with Crippen LogP contribution in [0.4, 0.5) is 4.79 Å². The molecule has 4 amide bonds. The van der Waals surface area contributed by atoms with Gasteiger partial charge in [0.05, 0.1) is 0 Å². The highest BCUT2D eigenvalue weighted by Crippen LogP contribution is 2.34. The topological polar surface area (TPSA) is 103 Å². The number of halogens is 1. The normalized spacial score (nSPS) is 16.9. The molecule has 3 aromatic rings. The third kappa shape index (κ3) is 4.16. The van der Waals surface area contributed by atoms with Gasteiger partial charge in [0.1, 0.15) is 6.04 Å². The predicted molar refractivity (Wildman–Crippen MR) is 114 cm³/mol. The zero-order chi connectivity index (χ0) is 21.1. The largest absolute Gasteiger partial charge is 0.361 e. The van der Waals surface area contributed by atoms with Gasteiger partial charge in [-0.25, -0.2) is 4.79 Å². The lowest BCUT2D eigenvalue weighted by atomic mass is 9.90. The molecule has 2 aromatic carbocycles. The Labute approximate surface area is 178 Å². The number of carbonyl (C=O) groups excluding carboxylic acids is 3. The minimum Gasteiger partial charge on any atom is -0.361 e. The van der Waals surface area contributed by atoms with E-state index in [2.05, 4.69) is 20.9 Å². The van der Waals surface area contributed by atoms with Crippen LogP contribution in [0.5, 0.6) is 0 Å². The van der Waals surface area contributed by atoms with Crippen LogP contribution in [0.2, 0.25) is 5.02 Å². The summed E-state index contributed by atoms with van der Waals surface area (Å²) in [4.78, 5) is 38.5. The molecule has 30 heavy (non-hydrogen) atoms. The first-order chi connectivity index (χ1) is 14.5. The summed E-state index contributed by atoms with van der Waals surface area (Å²) in [5.41, 5.74) is 2.98. The summed E-state index contributed by atoms with van der Waals surface area (Å²) >= 11 is 6.47. The molecule has 2 atom stereocenters. The fraction of sp³-hybridized carbons (Fsp3) is 0.227. The Balaban J connectivity index is 1.50. The number of aromatic nitrogens is 1. The third-order valence-corrected chi connectivity index (χ3v) is 5.64. The Morgan fingerprint density at radius 2 is 1.83 bits per heavy atom. The van der Waals surface area contributed by atoms with Gasteiger partial charge in [0.15, 0.2) is 0 Å². The van der Waals surface area contributed by atoms with Crippen molar-refractivity contribution in [1.82, 2.24) is 20.9 Å². The smallest absolute Gasteiger partial charge is 0.322 e. The molecule has 1 saturated heterocycles. The van der Waals surface area contributed by atoms with E-state index in [1.165, 1.54) is 0 Å². The van der Waals surface area contributed by atoms with Crippen LogP contribution in [0.15, 0.2) is 54.7 Å². The van der Waals surface area contributed by atoms with Crippen LogP contribution < -0.4 is 16.0 Å². The summed E-state index contributed by atoms with van der Waals surface area (Å²) in [5.74, 6) is -0.741. The molecule has 0 unspecified atom stereocenters. The van der Waals surface area contributed by atoms with E-state index >= 15 is 0 Å². The van der Waals surface area contributed by atoms with Crippen LogP contribution in [0.1, 0.15) is 29.9 Å². The summed E-state index contributed by atoms with van der Waals surface area (Å²) in [7, 11) is 0. The number of para-hydroxylation sites is 1. The zero-order valence-corrected chi connectivity index (χ0v) is 16.8. The number of fused-ring (bicyclic) bond motifs is 1. The van der Waals surface area contributed by atoms with E-state index < -0.39 is 18.0 Å². The average Bonchev–Trinajstić information content (AvgIpc) is 3.30. The van der Waals surface area contributed by atoms with Crippen LogP contribution in [0, 0.1) is 0 Å². The first kappa shape index (κ1) is 20.0. The van der Waals surface area contributed by atoms with Gasteiger partial charge in [-0.1, -0.05) is 48.0 Å². The number of aromatic amines is 1. The molecule has 8 heteroatoms. The van der Waals surface area contributed by atoms with Crippen molar-refractivity contribution in [1.29, 1.82) is 0 Å². The molecule has 1 fully saturated rings. The average molecular weight is 425 g/mol. The van der Waals surface area contributed by atoms with Gasteiger partial charge in [0.25, 0.3) is 5.91 Å². The van der Waals surface area contributed by atoms with Gasteiger partial charge in [0, 0.05) is 41.0 Å². The number of hydrogen-bond acceptors (Lipinski definition) is 3. The molecule has 7 nitrogen and oxygen atoms in total. The van der Waals surface area contributed by atoms with Crippen LogP contribution in [0.25, 0.3) is 10.9 Å². The first-order valence-corrected chi connectivity index (χ1v) is 10.1. The molecule has 0 radical (unpaired) electrons. The van der Waals surface area contributed by atoms with Crippen molar-refractivity contribution in [2.45, 2.75) is 24.8 Å². The summed E-state index contributed by atoms with van der Waals surface area (Å²) in [6.45, 7) is 0.355. The van der Waals surface area contributed by atoms with Gasteiger partial charge in [-0.05, 0) is 29.7 Å². The lowest BCUT2D eigenvalue weighted by molar-refractivity contribution is -0.122. The fourth-order valence-corrected chi connectivity index (χ4v) is 4.04. The Morgan fingerprint density at radius 1 is 1.07 bits per heavy atom. The number of imide groups is 1. The Bertz CT molecular complexity index is 1110. The number of nitrogens with one attached hydrogen (secondary N) is 4. The van der Waals surface area contributed by atoms with Crippen LogP contribution >= 0.6 is 11.6 Å². The molecule has 0 aliphatic carbocycles. The maximum absolute atomic E-state index is 12.4. The standard InChI is InChI=1S/C22H21ClN4O3/c23-17-7-3-1-5-13(17)15(16-11-24-18-8-4-2-6-14(16)18)12-25-20(28)10-9-19-21(29)27-22(30)26-19/h1-8,11,15,19,24H,9-10,12H2,(H,25,28)(H2,26,27,29,30)/t15-,19+/m0/s1. The van der Waals surface area contributed by atoms with E-state index in [9.17, 15) is 14.4 Å². The Kier molecular flexibility index (Phi) is 5.72. The molecule has 1 aliphatic rings. The van der Waals surface area contributed by atoms with Crippen LogP contribution in [-0.4, -0.2) is 35.4 Å². The molecule has 1 aromatic heterocycles. The maximum Gasteiger partial charge on any atom is 0.322 e. The molecular weight excluding hydrogens is 404 g/mol. The number of amides is 4. The summed E-state index contributed by atoms with van der Waals surface area (Å²) < 4.78 is 0. The molecule has 0 saturated carbocycles. The van der Waals surface area contributed by atoms with Crippen molar-refractivity contribution in [2.24, 2.45) is 0 Å². The lowest BCUT2D eigenvalue weighted by Crippen LogP contribution is -2.33. The van der Waals surface area contributed by atoms with E-state index in [4.69, 9.17) is 11.6 Å². The summed E-state index contributed by atoms with van der Waals surface area (Å²) in [6.07, 6.45) is 2.32. The minimum absolute atomic E-state index is 0.126. The van der Waals surface area contributed by atoms with Crippen molar-refractivity contribution >= 4 is 40.3 Å². The van der Waals surface area contributed by atoms with E-state index in [0.717, 1.165) is 22.0 Å². The van der Waals surface area contributed by atoms with E-state index in [0.29, 0.717) is 11.6 Å². The number of carbonyl (C=O) groups is 3. The summed E-state index contributed by atoms with van der Waals surface area (Å²) in [5, 5.41) is 9.32. The highest BCUT2D eigenvalue weighted by molar-refractivity contribution is 6.31. The van der Waals surface area contributed by atoms with Crippen molar-refractivity contribution in [3.8, 4) is 0 Å². The summed E-state index contributed by atoms with van der Waals surface area (Å²) in [6, 6.07) is 14.4.